The van der Waals surface area contributed by atoms with Crippen molar-refractivity contribution in [3.05, 3.63) is 12.3 Å². The summed E-state index contributed by atoms with van der Waals surface area (Å²) in [6, 6.07) is 0. The van der Waals surface area contributed by atoms with Crippen LogP contribution in [0.3, 0.4) is 0 Å². The van der Waals surface area contributed by atoms with Crippen LogP contribution in [0.1, 0.15) is 55.7 Å². The standard InChI is InChI=1S/C7H14O.C5H8O4.C2H6.H3N.2H2/c1-4-6(2)5-7(3)8;1-3(7)4(2-6)5(8)9;1-2;;;/h6,8H,3-5H2,1-2H3;4,6H,2H2,1H3,(H,8,9);1-2H3;1H3;2*1H/p-2/t6-;;;;;/m0...../s1/i4D,5D;2D,6D;1D;;2*1+1/hD2/t4-,5-,6-;;;;;. The summed E-state index contributed by atoms with van der Waals surface area (Å²) in [5, 5.41) is 24.2. The van der Waals surface area contributed by atoms with E-state index in [-0.39, 0.29) is 15.2 Å². The molecule has 0 aromatic rings. The second kappa shape index (κ2) is 17.6. The zero-order chi connectivity index (χ0) is 22.7. The normalized spacial score (nSPS) is 20.5. The van der Waals surface area contributed by atoms with Gasteiger partial charge in [-0.3, -0.25) is 4.79 Å². The molecular weight excluding hydrogens is 262 g/mol. The van der Waals surface area contributed by atoms with Crippen molar-refractivity contribution in [1.29, 1.82) is 1.43 Å². The molecule has 0 saturated heterocycles. The highest BCUT2D eigenvalue weighted by atomic mass is 16.4. The van der Waals surface area contributed by atoms with Gasteiger partial charge in [0.2, 0.25) is 1.43 Å². The van der Waals surface area contributed by atoms with Gasteiger partial charge in [-0.25, -0.2) is 0 Å². The van der Waals surface area contributed by atoms with Gasteiger partial charge in [-0.15, -0.1) is 12.3 Å². The number of hydrogen-bond donors (Lipinski definition) is 2. The van der Waals surface area contributed by atoms with Crippen LogP contribution in [0.4, 0.5) is 0 Å². The van der Waals surface area contributed by atoms with E-state index in [0.29, 0.717) is 6.90 Å². The van der Waals surface area contributed by atoms with Crippen molar-refractivity contribution in [2.24, 2.45) is 11.8 Å². The van der Waals surface area contributed by atoms with Gasteiger partial charge in [-0.2, -0.15) is 0 Å². The van der Waals surface area contributed by atoms with Crippen molar-refractivity contribution < 1.29 is 36.1 Å². The number of ketones is 1. The molecule has 6 nitrogen and oxygen atoms in total. The molecule has 5 atom stereocenters. The molecule has 0 bridgehead atoms. The van der Waals surface area contributed by atoms with E-state index in [1.807, 2.05) is 0 Å². The number of carbonyl (C=O) groups excluding carboxylic acids is 2. The molecule has 0 aromatic heterocycles. The number of carbonyl (C=O) groups is 2. The first-order valence-corrected chi connectivity index (χ1v) is 5.63. The molecule has 2 unspecified atom stereocenters. The van der Waals surface area contributed by atoms with Crippen LogP contribution >= 0.6 is 0 Å². The van der Waals surface area contributed by atoms with E-state index in [2.05, 4.69) is 11.7 Å². The highest BCUT2D eigenvalue weighted by Crippen LogP contribution is 2.08. The molecule has 0 saturated carbocycles. The van der Waals surface area contributed by atoms with Crippen LogP contribution < -0.4 is 16.3 Å². The smallest absolute Gasteiger partial charge is 0.210 e. The number of Topliss-reactive ketones (excluding diaryl/α,β-unsaturated/α-hetero) is 1. The first-order chi connectivity index (χ1) is 12.3. The van der Waals surface area contributed by atoms with Gasteiger partial charge in [-0.1, -0.05) is 34.1 Å². The molecular formula is C14H33NO5-2. The summed E-state index contributed by atoms with van der Waals surface area (Å²) >= 11 is 0. The van der Waals surface area contributed by atoms with Gasteiger partial charge in [0.05, 0.1) is 19.8 Å². The molecule has 0 heterocycles. The van der Waals surface area contributed by atoms with Crippen molar-refractivity contribution in [3.63, 3.8) is 0 Å². The quantitative estimate of drug-likeness (QED) is 0.530. The minimum absolute atomic E-state index is 0. The molecule has 0 rings (SSSR count). The summed E-state index contributed by atoms with van der Waals surface area (Å²) in [4.78, 5) is 20.6. The lowest BCUT2D eigenvalue weighted by Gasteiger charge is -2.13. The van der Waals surface area contributed by atoms with Gasteiger partial charge in [0.1, 0.15) is 8.61 Å². The lowest BCUT2D eigenvalue weighted by atomic mass is 10.1. The number of aliphatic hydroxyl groups excluding tert-OH is 1. The van der Waals surface area contributed by atoms with Crippen LogP contribution in [-0.4, -0.2) is 24.9 Å². The van der Waals surface area contributed by atoms with Crippen molar-refractivity contribution >= 4 is 11.8 Å². The SMILES string of the molecule is [2HH].[2HH].[2H]CC.[2H]N[2H].[2H]OC([2H])C(C(C)=O)C(=O)[O-].[2H][C@H](C(=C)[O-])[C@@H](C)[C@@H]([2H])C. The average molecular weight is 304 g/mol. The first kappa shape index (κ1) is 12.3. The molecule has 0 radical (unpaired) electrons. The molecule has 4 N–H and O–H groups in total. The molecule has 0 spiro atoms. The van der Waals surface area contributed by atoms with Gasteiger partial charge in [-0.05, 0) is 19.2 Å². The van der Waals surface area contributed by atoms with E-state index in [0.717, 1.165) is 6.92 Å². The van der Waals surface area contributed by atoms with Crippen molar-refractivity contribution in [1.82, 2.24) is 6.14 Å². The van der Waals surface area contributed by atoms with E-state index in [9.17, 15) is 19.8 Å². The van der Waals surface area contributed by atoms with Crippen LogP contribution in [0.25, 0.3) is 0 Å². The minimum Gasteiger partial charge on any atom is -0.876 e. The number of hydrogen-bond acceptors (Lipinski definition) is 6. The first-order valence-electron chi connectivity index (χ1n) is 9.48. The largest absolute Gasteiger partial charge is 0.876 e. The lowest BCUT2D eigenvalue weighted by molar-refractivity contribution is -0.310. The number of carboxylic acid groups (broad SMARTS) is 1. The maximum absolute atomic E-state index is 10.5. The third-order valence-electron chi connectivity index (χ3n) is 1.80. The summed E-state index contributed by atoms with van der Waals surface area (Å²) in [7, 11) is 0. The summed E-state index contributed by atoms with van der Waals surface area (Å²) in [5.41, 5.74) is 0. The Morgan fingerprint density at radius 2 is 2.10 bits per heavy atom. The molecule has 0 aliphatic carbocycles. The van der Waals surface area contributed by atoms with Crippen molar-refractivity contribution in [3.8, 4) is 0 Å². The molecule has 20 heavy (non-hydrogen) atoms. The molecule has 6 heteroatoms. The number of rotatable bonds is 7. The Labute approximate surface area is 135 Å². The maximum Gasteiger partial charge on any atom is 0.210 e. The number of allylic oxidation sites excluding steroid dienone is 1. The van der Waals surface area contributed by atoms with Gasteiger partial charge >= 0.3 is 0 Å². The van der Waals surface area contributed by atoms with Crippen LogP contribution in [0.2, 0.25) is 2.82 Å². The molecule has 0 aliphatic heterocycles. The van der Waals surface area contributed by atoms with E-state index < -0.39 is 36.4 Å². The summed E-state index contributed by atoms with van der Waals surface area (Å²) in [5.74, 6) is -4.73. The fourth-order valence-electron chi connectivity index (χ4n) is 0.707. The number of aliphatic hydroxyl groups is 1. The monoisotopic (exact) mass is 304 g/mol. The summed E-state index contributed by atoms with van der Waals surface area (Å²) in [6.45, 7) is 8.11. The Hall–Kier alpha value is -1.40. The number of carboxylic acids is 1. The van der Waals surface area contributed by atoms with Crippen molar-refractivity contribution in [2.75, 3.05) is 6.58 Å². The van der Waals surface area contributed by atoms with E-state index in [1.54, 1.807) is 20.8 Å². The van der Waals surface area contributed by atoms with Crippen molar-refractivity contribution in [2.45, 2.75) is 47.4 Å². The van der Waals surface area contributed by atoms with E-state index in [4.69, 9.17) is 9.74 Å². The fourth-order valence-corrected chi connectivity index (χ4v) is 0.707. The van der Waals surface area contributed by atoms with Crippen LogP contribution in [0.15, 0.2) is 12.3 Å². The topological polar surface area (TPSA) is 135 Å². The van der Waals surface area contributed by atoms with Gasteiger partial charge < -0.3 is 26.3 Å². The second-order valence-electron chi connectivity index (χ2n) is 3.37. The number of aliphatic carboxylic acids is 1. The van der Waals surface area contributed by atoms with Crippen LogP contribution in [0, 0.1) is 11.8 Å². The Morgan fingerprint density at radius 1 is 1.65 bits per heavy atom. The third kappa shape index (κ3) is 19.0. The van der Waals surface area contributed by atoms with E-state index >= 15 is 0 Å². The van der Waals surface area contributed by atoms with Gasteiger partial charge in [0, 0.05) is 6.97 Å². The Morgan fingerprint density at radius 3 is 2.20 bits per heavy atom. The molecule has 0 aromatic carbocycles. The Bertz CT molecular complexity index is 390. The molecule has 0 amide bonds. The maximum atomic E-state index is 10.5. The zero-order valence-electron chi connectivity index (χ0n) is 19.3. The predicted octanol–water partition coefficient (Wildman–Crippen LogP) is 0.911. The highest BCUT2D eigenvalue weighted by molar-refractivity contribution is 5.96. The van der Waals surface area contributed by atoms with Gasteiger partial charge in [0.25, 0.3) is 0 Å². The summed E-state index contributed by atoms with van der Waals surface area (Å²) in [6.07, 6.45) is 0.0562. The van der Waals surface area contributed by atoms with E-state index in [1.165, 1.54) is 6.14 Å². The molecule has 126 valence electrons. The lowest BCUT2D eigenvalue weighted by Crippen LogP contribution is -2.37. The molecule has 0 aliphatic rings. The predicted molar refractivity (Wildman–Crippen MR) is 80.1 cm³/mol. The molecule has 0 fully saturated rings. The minimum atomic E-state index is -1.71. The Kier molecular flexibility index (Phi) is 10.9. The zero-order valence-corrected chi connectivity index (χ0v) is 12.3. The highest BCUT2D eigenvalue weighted by Gasteiger charge is 2.12. The fraction of sp³-hybridized carbons (Fsp3) is 0.714. The van der Waals surface area contributed by atoms with Crippen LogP contribution in [-0.2, 0) is 9.59 Å². The third-order valence-corrected chi connectivity index (χ3v) is 1.80. The summed E-state index contributed by atoms with van der Waals surface area (Å²) < 4.78 is 44.9. The van der Waals surface area contributed by atoms with Gasteiger partial charge in [0.15, 0.2) is 0 Å². The Balaban J connectivity index is -0.0000000680. The average Bonchev–Trinajstić information content (AvgIpc) is 2.54. The van der Waals surface area contributed by atoms with Crippen LogP contribution in [0.5, 0.6) is 0 Å². The second-order valence-corrected chi connectivity index (χ2v) is 3.37.